The summed E-state index contributed by atoms with van der Waals surface area (Å²) in [6.07, 6.45) is 0.612. The Morgan fingerprint density at radius 1 is 0.800 bits per heavy atom. The topological polar surface area (TPSA) is 196 Å². The summed E-state index contributed by atoms with van der Waals surface area (Å²) >= 11 is 0. The summed E-state index contributed by atoms with van der Waals surface area (Å²) in [6, 6.07) is 6.73. The molecular weight excluding hydrogens is 412 g/mol. The number of hydrogen-bond donors (Lipinski definition) is 4. The van der Waals surface area contributed by atoms with Crippen LogP contribution >= 0.6 is 10.0 Å². The van der Waals surface area contributed by atoms with Crippen LogP contribution in [-0.2, 0) is 14.4 Å². The predicted molar refractivity (Wildman–Crippen MR) is 111 cm³/mol. The molecule has 0 fully saturated rings. The zero-order valence-electron chi connectivity index (χ0n) is 15.4. The van der Waals surface area contributed by atoms with E-state index >= 15 is 0 Å². The lowest BCUT2D eigenvalue weighted by atomic mass is 9.91. The summed E-state index contributed by atoms with van der Waals surface area (Å²) in [5.74, 6) is 10.4. The Balaban J connectivity index is 2.33. The third-order valence-electron chi connectivity index (χ3n) is 4.86. The van der Waals surface area contributed by atoms with Crippen molar-refractivity contribution in [2.75, 3.05) is 10.0 Å². The molecule has 0 atom stereocenters. The quantitative estimate of drug-likeness (QED) is 0.228. The molecule has 156 valence electrons. The summed E-state index contributed by atoms with van der Waals surface area (Å²) in [7, 11) is -2.83. The molecule has 0 saturated carbocycles. The normalized spacial score (nSPS) is 15.1. The van der Waals surface area contributed by atoms with Crippen molar-refractivity contribution in [3.63, 3.8) is 0 Å². The third kappa shape index (κ3) is 2.99. The number of amides is 4. The molecule has 3 rings (SSSR count). The minimum Gasteiger partial charge on any atom is -0.350 e. The standard InChI is InChI=1S/C18H18N6O5S/c19-17(28)23(21)10-1-3-15-12(5-10)14(7-25)13-6-11(24(22)18(20)29)2-4-16(13)30(15,8-26)9-27/h1-9,14H,21-22H2,(H2,19,28)(H2,20,29). The number of aldehydes is 1. The molecule has 2 aromatic carbocycles. The van der Waals surface area contributed by atoms with E-state index in [4.69, 9.17) is 23.2 Å². The van der Waals surface area contributed by atoms with Crippen molar-refractivity contribution < 1.29 is 24.0 Å². The molecule has 4 amide bonds. The monoisotopic (exact) mass is 430 g/mol. The van der Waals surface area contributed by atoms with E-state index in [9.17, 15) is 24.0 Å². The second kappa shape index (κ2) is 7.59. The van der Waals surface area contributed by atoms with Gasteiger partial charge in [-0.05, 0) is 47.5 Å². The molecule has 2 aromatic rings. The third-order valence-corrected chi connectivity index (χ3v) is 7.66. The van der Waals surface area contributed by atoms with Gasteiger partial charge in [0.05, 0.1) is 17.3 Å². The molecule has 0 radical (unpaired) electrons. The molecule has 1 aliphatic heterocycles. The van der Waals surface area contributed by atoms with Crippen LogP contribution in [0.4, 0.5) is 21.0 Å². The summed E-state index contributed by atoms with van der Waals surface area (Å²) in [4.78, 5) is 60.0. The molecule has 30 heavy (non-hydrogen) atoms. The van der Waals surface area contributed by atoms with Crippen molar-refractivity contribution in [3.05, 3.63) is 47.5 Å². The van der Waals surface area contributed by atoms with Crippen molar-refractivity contribution >= 4 is 51.0 Å². The van der Waals surface area contributed by atoms with Gasteiger partial charge in [0.15, 0.2) is 11.2 Å². The van der Waals surface area contributed by atoms with Crippen molar-refractivity contribution in [2.24, 2.45) is 23.2 Å². The highest BCUT2D eigenvalue weighted by atomic mass is 32.3. The fourth-order valence-corrected chi connectivity index (χ4v) is 5.82. The van der Waals surface area contributed by atoms with Crippen molar-refractivity contribution in [2.45, 2.75) is 15.7 Å². The number of nitrogens with zero attached hydrogens (tertiary/aromatic N) is 2. The Bertz CT molecular complexity index is 1010. The van der Waals surface area contributed by atoms with E-state index in [1.165, 1.54) is 36.4 Å². The fraction of sp³-hybridized carbons (Fsp3) is 0.0556. The average molecular weight is 430 g/mol. The molecule has 0 aliphatic carbocycles. The minimum absolute atomic E-state index is 0.162. The SMILES string of the molecule is NC(=O)N(N)c1ccc2c(c1)C(C=O)c1cc(N(N)C(N)=O)ccc1S2(C=O)C=O. The first kappa shape index (κ1) is 21.0. The molecule has 8 N–H and O–H groups in total. The summed E-state index contributed by atoms with van der Waals surface area (Å²) in [6.45, 7) is 0. The van der Waals surface area contributed by atoms with E-state index in [-0.39, 0.29) is 11.4 Å². The number of primary amides is 2. The number of fused-ring (bicyclic) bond motifs is 2. The maximum Gasteiger partial charge on any atom is 0.333 e. The van der Waals surface area contributed by atoms with Crippen molar-refractivity contribution in [1.29, 1.82) is 0 Å². The molecular formula is C18H18N6O5S. The molecule has 0 spiro atoms. The molecule has 0 bridgehead atoms. The van der Waals surface area contributed by atoms with E-state index in [0.29, 0.717) is 48.5 Å². The summed E-state index contributed by atoms with van der Waals surface area (Å²) in [5, 5.41) is 1.34. The van der Waals surface area contributed by atoms with Gasteiger partial charge in [0.1, 0.15) is 6.29 Å². The number of urea groups is 2. The highest BCUT2D eigenvalue weighted by Crippen LogP contribution is 2.65. The Morgan fingerprint density at radius 2 is 1.20 bits per heavy atom. The predicted octanol–water partition coefficient (Wildman–Crippen LogP) is 0.451. The molecule has 0 aromatic heterocycles. The Hall–Kier alpha value is -3.74. The van der Waals surface area contributed by atoms with Crippen LogP contribution in [0.15, 0.2) is 46.2 Å². The number of rotatable bonds is 5. The van der Waals surface area contributed by atoms with Gasteiger partial charge in [-0.15, -0.1) is 0 Å². The Morgan fingerprint density at radius 3 is 1.50 bits per heavy atom. The van der Waals surface area contributed by atoms with Crippen LogP contribution in [0.25, 0.3) is 0 Å². The number of carbonyl (C=O) groups excluding carboxylic acids is 5. The zero-order valence-corrected chi connectivity index (χ0v) is 16.2. The lowest BCUT2D eigenvalue weighted by Gasteiger charge is -2.39. The number of carbonyl (C=O) groups is 5. The largest absolute Gasteiger partial charge is 0.350 e. The lowest BCUT2D eigenvalue weighted by molar-refractivity contribution is -0.108. The van der Waals surface area contributed by atoms with Gasteiger partial charge in [-0.25, -0.2) is 31.3 Å². The average Bonchev–Trinajstić information content (AvgIpc) is 2.75. The van der Waals surface area contributed by atoms with E-state index in [0.717, 1.165) is 0 Å². The maximum absolute atomic E-state index is 12.2. The molecule has 0 saturated heterocycles. The summed E-state index contributed by atoms with van der Waals surface area (Å²) in [5.41, 5.74) is 12.4. The minimum atomic E-state index is -2.83. The second-order valence-corrected chi connectivity index (χ2v) is 9.06. The van der Waals surface area contributed by atoms with Crippen molar-refractivity contribution in [1.82, 2.24) is 0 Å². The van der Waals surface area contributed by atoms with Crippen LogP contribution in [0.1, 0.15) is 17.0 Å². The molecule has 1 aliphatic rings. The van der Waals surface area contributed by atoms with Gasteiger partial charge < -0.3 is 16.3 Å². The van der Waals surface area contributed by atoms with Crippen LogP contribution in [0, 0.1) is 0 Å². The van der Waals surface area contributed by atoms with E-state index < -0.39 is 28.0 Å². The van der Waals surface area contributed by atoms with Gasteiger partial charge in [-0.2, -0.15) is 0 Å². The number of benzene rings is 2. The smallest absolute Gasteiger partial charge is 0.333 e. The van der Waals surface area contributed by atoms with Crippen LogP contribution in [0.2, 0.25) is 0 Å². The Kier molecular flexibility index (Phi) is 5.31. The van der Waals surface area contributed by atoms with Gasteiger partial charge in [0.2, 0.25) is 0 Å². The molecule has 1 heterocycles. The number of nitrogens with two attached hydrogens (primary N) is 4. The first-order chi connectivity index (χ1) is 14.2. The van der Waals surface area contributed by atoms with Crippen LogP contribution in [0.3, 0.4) is 0 Å². The first-order valence-corrected chi connectivity index (χ1v) is 10.1. The van der Waals surface area contributed by atoms with Crippen LogP contribution < -0.4 is 33.2 Å². The first-order valence-electron chi connectivity index (χ1n) is 8.37. The van der Waals surface area contributed by atoms with Gasteiger partial charge in [0.25, 0.3) is 0 Å². The maximum atomic E-state index is 12.2. The zero-order chi connectivity index (χ0) is 22.2. The molecule has 12 heteroatoms. The summed E-state index contributed by atoms with van der Waals surface area (Å²) < 4.78 is 0. The van der Waals surface area contributed by atoms with E-state index in [2.05, 4.69) is 0 Å². The van der Waals surface area contributed by atoms with Gasteiger partial charge >= 0.3 is 12.1 Å². The Labute approximate surface area is 171 Å². The highest BCUT2D eigenvalue weighted by Gasteiger charge is 2.41. The fourth-order valence-electron chi connectivity index (χ4n) is 3.39. The van der Waals surface area contributed by atoms with Crippen LogP contribution in [-0.4, -0.2) is 29.6 Å². The number of hydrogen-bond acceptors (Lipinski definition) is 7. The number of anilines is 2. The molecule has 0 unspecified atom stereocenters. The van der Waals surface area contributed by atoms with Gasteiger partial charge in [0, 0.05) is 9.79 Å². The van der Waals surface area contributed by atoms with Crippen LogP contribution in [0.5, 0.6) is 0 Å². The van der Waals surface area contributed by atoms with Gasteiger partial charge in [-0.1, -0.05) is 10.0 Å². The van der Waals surface area contributed by atoms with E-state index in [1.807, 2.05) is 0 Å². The van der Waals surface area contributed by atoms with Gasteiger partial charge in [-0.3, -0.25) is 9.59 Å². The van der Waals surface area contributed by atoms with Crippen molar-refractivity contribution in [3.8, 4) is 0 Å². The molecule has 11 nitrogen and oxygen atoms in total. The highest BCUT2D eigenvalue weighted by molar-refractivity contribution is 8.53. The lowest BCUT2D eigenvalue weighted by Crippen LogP contribution is -2.42. The second-order valence-electron chi connectivity index (χ2n) is 6.38. The van der Waals surface area contributed by atoms with E-state index in [1.54, 1.807) is 0 Å². The number of hydrazine groups is 2.